The number of β-lactam (4-membered cyclic amide) rings is 1. The van der Waals surface area contributed by atoms with Crippen LogP contribution in [-0.2, 0) is 20.9 Å². The molecule has 3 aliphatic heterocycles. The van der Waals surface area contributed by atoms with Gasteiger partial charge in [0.15, 0.2) is 15.2 Å². The number of likely N-dealkylation sites (tertiary alicyclic amines) is 1. The number of nitrogens with one attached hydrogen (secondary N) is 1. The van der Waals surface area contributed by atoms with Gasteiger partial charge in [-0.1, -0.05) is 28.3 Å². The van der Waals surface area contributed by atoms with Gasteiger partial charge >= 0.3 is 11.9 Å². The van der Waals surface area contributed by atoms with Crippen LogP contribution >= 0.6 is 46.2 Å². The number of aromatic nitrogens is 2. The third-order valence-electron chi connectivity index (χ3n) is 6.76. The minimum absolute atomic E-state index is 0.0384. The first-order valence-corrected chi connectivity index (χ1v) is 15.5. The Hall–Kier alpha value is -3.19. The average Bonchev–Trinajstić information content (AvgIpc) is 3.63. The number of carbonyl (C=O) groups is 4. The van der Waals surface area contributed by atoms with Gasteiger partial charge in [-0.25, -0.2) is 19.6 Å². The third-order valence-corrected chi connectivity index (χ3v) is 11.1. The summed E-state index contributed by atoms with van der Waals surface area (Å²) in [5.41, 5.74) is 5.42. The number of nitrogen functional groups attached to an aromatic ring is 1. The molecule has 0 bridgehead atoms. The Morgan fingerprint density at radius 2 is 1.98 bits per heavy atom. The van der Waals surface area contributed by atoms with E-state index in [-0.39, 0.29) is 27.2 Å². The maximum absolute atomic E-state index is 13.0. The van der Waals surface area contributed by atoms with Crippen LogP contribution < -0.4 is 11.1 Å². The summed E-state index contributed by atoms with van der Waals surface area (Å²) in [6.07, 6.45) is 2.13. The van der Waals surface area contributed by atoms with E-state index in [1.807, 2.05) is 0 Å². The molecule has 0 aliphatic carbocycles. The van der Waals surface area contributed by atoms with Crippen LogP contribution in [-0.4, -0.2) is 102 Å². The lowest BCUT2D eigenvalue weighted by Crippen LogP contribution is -2.71. The van der Waals surface area contributed by atoms with Crippen molar-refractivity contribution in [2.24, 2.45) is 5.16 Å². The molecule has 3 aliphatic rings. The number of hydrogen-bond acceptors (Lipinski definition) is 13. The second kappa shape index (κ2) is 11.0. The van der Waals surface area contributed by atoms with Gasteiger partial charge in [0, 0.05) is 28.9 Å². The van der Waals surface area contributed by atoms with Gasteiger partial charge < -0.3 is 31.0 Å². The van der Waals surface area contributed by atoms with Crippen molar-refractivity contribution in [3.8, 4) is 0 Å². The third kappa shape index (κ3) is 5.28. The number of thiazole rings is 2. The van der Waals surface area contributed by atoms with Crippen LogP contribution in [0.15, 0.2) is 25.5 Å². The van der Waals surface area contributed by atoms with Crippen LogP contribution in [0.3, 0.4) is 0 Å². The maximum atomic E-state index is 13.0. The molecule has 14 nitrogen and oxygen atoms in total. The van der Waals surface area contributed by atoms with Crippen molar-refractivity contribution < 1.29 is 39.1 Å². The number of quaternary nitrogens is 1. The highest BCUT2D eigenvalue weighted by atomic mass is 32.2. The Morgan fingerprint density at radius 3 is 2.58 bits per heavy atom. The van der Waals surface area contributed by atoms with Crippen LogP contribution in [0, 0.1) is 0 Å². The molecule has 0 radical (unpaired) electrons. The van der Waals surface area contributed by atoms with E-state index in [0.29, 0.717) is 26.0 Å². The summed E-state index contributed by atoms with van der Waals surface area (Å²) in [6, 6.07) is -1.05. The zero-order valence-corrected chi connectivity index (χ0v) is 24.2. The highest BCUT2D eigenvalue weighted by Crippen LogP contribution is 2.46. The Labute approximate surface area is 243 Å². The first kappa shape index (κ1) is 28.3. The number of carboxylic acids is 2. The fourth-order valence-corrected chi connectivity index (χ4v) is 9.05. The van der Waals surface area contributed by atoms with Crippen molar-refractivity contribution in [1.82, 2.24) is 20.2 Å². The smallest absolute Gasteiger partial charge is 0.353 e. The van der Waals surface area contributed by atoms with Crippen molar-refractivity contribution in [1.29, 1.82) is 0 Å². The predicted octanol–water partition coefficient (Wildman–Crippen LogP) is 1.29. The van der Waals surface area contributed by atoms with Crippen LogP contribution in [0.2, 0.25) is 0 Å². The van der Waals surface area contributed by atoms with Crippen LogP contribution in [0.5, 0.6) is 0 Å². The standard InChI is InChI=1S/C22H23N7O7S4/c1-29(4-2-3-5-29)6-9-15(20(34)35)40-22(25-9)39-11-8-37-18-13(17(31)28(18)14(11)19(32)33)26-16(30)12(27-36)10-7-38-21(23)24-10/h7,13,18H,2-6,8H2,1H3,(H5-,23,24,26,30,32,33,34,35,36)/p+1/t13-,18?/m1/s1. The number of carbonyl (C=O) groups excluding carboxylic acids is 2. The van der Waals surface area contributed by atoms with Gasteiger partial charge in [0.05, 0.1) is 20.1 Å². The van der Waals surface area contributed by atoms with Crippen LogP contribution in [0.1, 0.15) is 33.9 Å². The van der Waals surface area contributed by atoms with Gasteiger partial charge in [0.2, 0.25) is 0 Å². The SMILES string of the molecule is C[N+]1(Cc2nc(SC3=C(C(=O)O)N4C(=O)[C@@H](NC(=O)/C(=N\O)c5csc(N)n5)C4SC3)sc2C(=O)O)CCCC1. The summed E-state index contributed by atoms with van der Waals surface area (Å²) in [6.45, 7) is 2.34. The highest BCUT2D eigenvalue weighted by molar-refractivity contribution is 8.07. The molecule has 40 heavy (non-hydrogen) atoms. The van der Waals surface area contributed by atoms with Crippen LogP contribution in [0.4, 0.5) is 5.13 Å². The molecule has 0 spiro atoms. The molecule has 0 aromatic carbocycles. The Morgan fingerprint density at radius 1 is 1.25 bits per heavy atom. The molecule has 18 heteroatoms. The molecule has 0 saturated carbocycles. The molecule has 2 saturated heterocycles. The second-order valence-electron chi connectivity index (χ2n) is 9.55. The second-order valence-corrected chi connectivity index (χ2v) is 13.9. The zero-order chi connectivity index (χ0) is 28.8. The van der Waals surface area contributed by atoms with Gasteiger partial charge in [-0.3, -0.25) is 14.5 Å². The van der Waals surface area contributed by atoms with Crippen molar-refractivity contribution in [2.45, 2.75) is 35.1 Å². The van der Waals surface area contributed by atoms with E-state index < -0.39 is 40.9 Å². The van der Waals surface area contributed by atoms with E-state index in [2.05, 4.69) is 27.5 Å². The number of nitrogens with zero attached hydrogens (tertiary/aromatic N) is 5. The summed E-state index contributed by atoms with van der Waals surface area (Å²) < 4.78 is 1.08. The molecule has 5 rings (SSSR count). The number of thioether (sulfide) groups is 2. The summed E-state index contributed by atoms with van der Waals surface area (Å²) in [7, 11) is 2.07. The average molecular weight is 627 g/mol. The molecular weight excluding hydrogens is 603 g/mol. The minimum Gasteiger partial charge on any atom is -0.477 e. The van der Waals surface area contributed by atoms with Gasteiger partial charge in [-0.15, -0.1) is 23.1 Å². The lowest BCUT2D eigenvalue weighted by Gasteiger charge is -2.49. The van der Waals surface area contributed by atoms with Crippen LogP contribution in [0.25, 0.3) is 0 Å². The molecule has 1 unspecified atom stereocenters. The van der Waals surface area contributed by atoms with Crippen molar-refractivity contribution in [3.63, 3.8) is 0 Å². The number of oxime groups is 1. The van der Waals surface area contributed by atoms with Crippen molar-refractivity contribution >= 4 is 80.8 Å². The quantitative estimate of drug-likeness (QED) is 0.0877. The van der Waals surface area contributed by atoms with E-state index in [4.69, 9.17) is 5.73 Å². The fraction of sp³-hybridized carbons (Fsp3) is 0.409. The molecule has 2 atom stereocenters. The molecule has 5 heterocycles. The number of aliphatic carboxylic acids is 1. The summed E-state index contributed by atoms with van der Waals surface area (Å²) in [5.74, 6) is -3.72. The molecule has 2 aromatic heterocycles. The first-order valence-electron chi connectivity index (χ1n) is 11.9. The largest absolute Gasteiger partial charge is 0.477 e. The lowest BCUT2D eigenvalue weighted by molar-refractivity contribution is -0.911. The molecular formula is C22H24N7O7S4+. The number of anilines is 1. The highest BCUT2D eigenvalue weighted by Gasteiger charge is 2.54. The molecule has 2 fully saturated rings. The van der Waals surface area contributed by atoms with E-state index in [0.717, 1.165) is 65.3 Å². The van der Waals surface area contributed by atoms with E-state index >= 15 is 0 Å². The topological polar surface area (TPSA) is 208 Å². The number of amides is 2. The predicted molar refractivity (Wildman–Crippen MR) is 148 cm³/mol. The zero-order valence-electron chi connectivity index (χ0n) is 20.9. The summed E-state index contributed by atoms with van der Waals surface area (Å²) in [5, 5.41) is 35.4. The molecule has 2 aromatic rings. The normalized spacial score (nSPS) is 22.2. The van der Waals surface area contributed by atoms with Gasteiger partial charge in [-0.2, -0.15) is 0 Å². The Bertz CT molecular complexity index is 1460. The Balaban J connectivity index is 1.34. The number of rotatable bonds is 9. The number of fused-ring (bicyclic) bond motifs is 1. The lowest BCUT2D eigenvalue weighted by atomic mass is 10.0. The van der Waals surface area contributed by atoms with Gasteiger partial charge in [0.1, 0.15) is 39.9 Å². The minimum atomic E-state index is -1.33. The first-order chi connectivity index (χ1) is 19.0. The number of aromatic carboxylic acids is 1. The van der Waals surface area contributed by atoms with Gasteiger partial charge in [-0.05, 0) is 0 Å². The Kier molecular flexibility index (Phi) is 7.79. The number of nitrogens with two attached hydrogens (primary N) is 1. The monoisotopic (exact) mass is 626 g/mol. The van der Waals surface area contributed by atoms with Gasteiger partial charge in [0.25, 0.3) is 11.8 Å². The summed E-state index contributed by atoms with van der Waals surface area (Å²) >= 11 is 4.31. The number of hydrogen-bond donors (Lipinski definition) is 5. The van der Waals surface area contributed by atoms with Crippen molar-refractivity contribution in [2.75, 3.05) is 31.6 Å². The maximum Gasteiger partial charge on any atom is 0.353 e. The molecule has 2 amide bonds. The molecule has 6 N–H and O–H groups in total. The van der Waals surface area contributed by atoms with E-state index in [1.54, 1.807) is 0 Å². The molecule has 212 valence electrons. The van der Waals surface area contributed by atoms with E-state index in [9.17, 15) is 34.6 Å². The van der Waals surface area contributed by atoms with Crippen molar-refractivity contribution in [3.05, 3.63) is 32.2 Å². The fourth-order valence-electron chi connectivity index (χ4n) is 4.86. The number of carboxylic acid groups (broad SMARTS) is 2. The van der Waals surface area contributed by atoms with E-state index in [1.165, 1.54) is 17.1 Å². The summed E-state index contributed by atoms with van der Waals surface area (Å²) in [4.78, 5) is 60.0.